The van der Waals surface area contributed by atoms with Crippen LogP contribution in [0.5, 0.6) is 5.75 Å². The van der Waals surface area contributed by atoms with Crippen LogP contribution in [0.2, 0.25) is 0 Å². The van der Waals surface area contributed by atoms with Crippen molar-refractivity contribution in [2.24, 2.45) is 5.92 Å². The van der Waals surface area contributed by atoms with Crippen molar-refractivity contribution >= 4 is 6.16 Å². The number of hydrogen-bond donors (Lipinski definition) is 0. The number of ether oxygens (including phenoxy) is 2. The van der Waals surface area contributed by atoms with Gasteiger partial charge in [0.05, 0.1) is 6.61 Å². The molecule has 3 heteroatoms. The average Bonchev–Trinajstić information content (AvgIpc) is 2.34. The van der Waals surface area contributed by atoms with Gasteiger partial charge in [-0.2, -0.15) is 0 Å². The van der Waals surface area contributed by atoms with Crippen molar-refractivity contribution in [1.29, 1.82) is 0 Å². The predicted octanol–water partition coefficient (Wildman–Crippen LogP) is 4.42. The Morgan fingerprint density at radius 3 is 2.50 bits per heavy atom. The van der Waals surface area contributed by atoms with Crippen LogP contribution in [0.15, 0.2) is 30.3 Å². The minimum atomic E-state index is -0.620. The molecule has 18 heavy (non-hydrogen) atoms. The maximum atomic E-state index is 11.3. The van der Waals surface area contributed by atoms with Crippen LogP contribution in [0.3, 0.4) is 0 Å². The maximum absolute atomic E-state index is 11.3. The van der Waals surface area contributed by atoms with E-state index in [1.165, 1.54) is 12.8 Å². The van der Waals surface area contributed by atoms with Gasteiger partial charge < -0.3 is 9.47 Å². The first-order valence-corrected chi connectivity index (χ1v) is 6.58. The third-order valence-corrected chi connectivity index (χ3v) is 2.59. The van der Waals surface area contributed by atoms with Crippen molar-refractivity contribution in [3.8, 4) is 5.75 Å². The van der Waals surface area contributed by atoms with Crippen LogP contribution in [-0.2, 0) is 4.74 Å². The Bertz CT molecular complexity index is 333. The van der Waals surface area contributed by atoms with Crippen molar-refractivity contribution < 1.29 is 14.3 Å². The highest BCUT2D eigenvalue weighted by Crippen LogP contribution is 2.10. The van der Waals surface area contributed by atoms with Crippen molar-refractivity contribution in [1.82, 2.24) is 0 Å². The summed E-state index contributed by atoms with van der Waals surface area (Å²) in [6.45, 7) is 4.87. The first-order valence-electron chi connectivity index (χ1n) is 6.58. The Balaban J connectivity index is 2.04. The third kappa shape index (κ3) is 6.94. The Kier molecular flexibility index (Phi) is 6.92. The summed E-state index contributed by atoms with van der Waals surface area (Å²) in [4.78, 5) is 11.3. The molecule has 0 aliphatic rings. The third-order valence-electron chi connectivity index (χ3n) is 2.59. The summed E-state index contributed by atoms with van der Waals surface area (Å²) in [5.74, 6) is 1.26. The second-order valence-electron chi connectivity index (χ2n) is 4.76. The molecule has 0 atom stereocenters. The van der Waals surface area contributed by atoms with Crippen LogP contribution < -0.4 is 4.74 Å². The van der Waals surface area contributed by atoms with Crippen LogP contribution in [0.25, 0.3) is 0 Å². The summed E-state index contributed by atoms with van der Waals surface area (Å²) >= 11 is 0. The van der Waals surface area contributed by atoms with Gasteiger partial charge in [0.15, 0.2) is 0 Å². The van der Waals surface area contributed by atoms with Gasteiger partial charge in [0.1, 0.15) is 5.75 Å². The lowest BCUT2D eigenvalue weighted by atomic mass is 10.1. The number of carbonyl (C=O) groups excluding carboxylic acids is 1. The molecule has 1 rings (SSSR count). The lowest BCUT2D eigenvalue weighted by molar-refractivity contribution is 0.0972. The van der Waals surface area contributed by atoms with E-state index in [-0.39, 0.29) is 0 Å². The minimum absolute atomic E-state index is 0.434. The molecule has 100 valence electrons. The Morgan fingerprint density at radius 1 is 1.11 bits per heavy atom. The van der Waals surface area contributed by atoms with E-state index < -0.39 is 6.16 Å². The lowest BCUT2D eigenvalue weighted by Gasteiger charge is -2.06. The number of carbonyl (C=O) groups is 1. The zero-order valence-corrected chi connectivity index (χ0v) is 11.2. The lowest BCUT2D eigenvalue weighted by Crippen LogP contribution is -2.11. The van der Waals surface area contributed by atoms with Crippen molar-refractivity contribution in [2.75, 3.05) is 6.61 Å². The van der Waals surface area contributed by atoms with Gasteiger partial charge in [-0.3, -0.25) is 0 Å². The summed E-state index contributed by atoms with van der Waals surface area (Å²) in [5, 5.41) is 0. The standard InChI is InChI=1S/C15H22O3/c1-13(2)9-5-4-8-12-17-15(16)18-14-10-6-3-7-11-14/h3,6-7,10-11,13H,4-5,8-9,12H2,1-2H3. The number of hydrogen-bond acceptors (Lipinski definition) is 3. The van der Waals surface area contributed by atoms with Crippen LogP contribution in [0.1, 0.15) is 39.5 Å². The highest BCUT2D eigenvalue weighted by molar-refractivity contribution is 5.63. The molecule has 0 heterocycles. The van der Waals surface area contributed by atoms with Gasteiger partial charge in [-0.15, -0.1) is 0 Å². The van der Waals surface area contributed by atoms with Crippen molar-refractivity contribution in [3.63, 3.8) is 0 Å². The summed E-state index contributed by atoms with van der Waals surface area (Å²) < 4.78 is 9.99. The molecule has 0 radical (unpaired) electrons. The fraction of sp³-hybridized carbons (Fsp3) is 0.533. The molecule has 0 aromatic heterocycles. The summed E-state index contributed by atoms with van der Waals surface area (Å²) in [5.41, 5.74) is 0. The molecule has 0 fully saturated rings. The molecule has 0 amide bonds. The molecule has 1 aromatic carbocycles. The molecule has 0 spiro atoms. The molecule has 0 unspecified atom stereocenters. The highest BCUT2D eigenvalue weighted by atomic mass is 16.7. The molecule has 0 saturated carbocycles. The molecule has 0 bridgehead atoms. The van der Waals surface area contributed by atoms with E-state index in [1.807, 2.05) is 18.2 Å². The fourth-order valence-electron chi connectivity index (χ4n) is 1.60. The number of rotatable bonds is 7. The number of benzene rings is 1. The fourth-order valence-corrected chi connectivity index (χ4v) is 1.60. The largest absolute Gasteiger partial charge is 0.513 e. The number of para-hydroxylation sites is 1. The molecular formula is C15H22O3. The van der Waals surface area contributed by atoms with Crippen LogP contribution in [0, 0.1) is 5.92 Å². The Labute approximate surface area is 109 Å². The van der Waals surface area contributed by atoms with Gasteiger partial charge in [-0.05, 0) is 24.5 Å². The topological polar surface area (TPSA) is 35.5 Å². The molecule has 0 saturated heterocycles. The van der Waals surface area contributed by atoms with Gasteiger partial charge in [-0.25, -0.2) is 4.79 Å². The summed E-state index contributed by atoms with van der Waals surface area (Å²) in [6.07, 6.45) is 3.79. The maximum Gasteiger partial charge on any atom is 0.513 e. The second-order valence-corrected chi connectivity index (χ2v) is 4.76. The van der Waals surface area contributed by atoms with Gasteiger partial charge in [0.2, 0.25) is 0 Å². The normalized spacial score (nSPS) is 10.4. The van der Waals surface area contributed by atoms with E-state index >= 15 is 0 Å². The first-order chi connectivity index (χ1) is 8.68. The zero-order valence-electron chi connectivity index (χ0n) is 11.2. The quantitative estimate of drug-likeness (QED) is 0.408. The number of unbranched alkanes of at least 4 members (excludes halogenated alkanes) is 2. The molecule has 0 N–H and O–H groups in total. The van der Waals surface area contributed by atoms with Gasteiger partial charge >= 0.3 is 6.16 Å². The zero-order chi connectivity index (χ0) is 13.2. The average molecular weight is 250 g/mol. The van der Waals surface area contributed by atoms with Gasteiger partial charge in [0, 0.05) is 0 Å². The van der Waals surface area contributed by atoms with E-state index in [1.54, 1.807) is 12.1 Å². The Hall–Kier alpha value is -1.51. The van der Waals surface area contributed by atoms with E-state index in [9.17, 15) is 4.79 Å². The molecule has 0 aliphatic carbocycles. The van der Waals surface area contributed by atoms with Gasteiger partial charge in [-0.1, -0.05) is 51.3 Å². The summed E-state index contributed by atoms with van der Waals surface area (Å²) in [7, 11) is 0. The first kappa shape index (κ1) is 14.6. The molecular weight excluding hydrogens is 228 g/mol. The van der Waals surface area contributed by atoms with Crippen molar-refractivity contribution in [2.45, 2.75) is 39.5 Å². The monoisotopic (exact) mass is 250 g/mol. The van der Waals surface area contributed by atoms with Crippen LogP contribution in [-0.4, -0.2) is 12.8 Å². The Morgan fingerprint density at radius 2 is 1.83 bits per heavy atom. The van der Waals surface area contributed by atoms with E-state index in [2.05, 4.69) is 13.8 Å². The van der Waals surface area contributed by atoms with Crippen LogP contribution in [0.4, 0.5) is 4.79 Å². The SMILES string of the molecule is CC(C)CCCCCOC(=O)Oc1ccccc1. The molecule has 0 aliphatic heterocycles. The second kappa shape index (κ2) is 8.56. The van der Waals surface area contributed by atoms with Crippen molar-refractivity contribution in [3.05, 3.63) is 30.3 Å². The van der Waals surface area contributed by atoms with Crippen LogP contribution >= 0.6 is 0 Å². The predicted molar refractivity (Wildman–Crippen MR) is 71.7 cm³/mol. The van der Waals surface area contributed by atoms with E-state index in [0.29, 0.717) is 12.4 Å². The molecule has 3 nitrogen and oxygen atoms in total. The molecule has 1 aromatic rings. The van der Waals surface area contributed by atoms with E-state index in [4.69, 9.17) is 9.47 Å². The highest BCUT2D eigenvalue weighted by Gasteiger charge is 2.04. The smallest absolute Gasteiger partial charge is 0.434 e. The minimum Gasteiger partial charge on any atom is -0.434 e. The summed E-state index contributed by atoms with van der Waals surface area (Å²) in [6, 6.07) is 8.95. The van der Waals surface area contributed by atoms with E-state index in [0.717, 1.165) is 18.8 Å². The van der Waals surface area contributed by atoms with Gasteiger partial charge in [0.25, 0.3) is 0 Å².